The standard InChI is InChI=1S/C54H56N4O/c1-32-25-35(4)52(36(5)26-32)56-49-24-23-47(45-15-13-14-16-46(45)49)51(42-17-19-43(20-18-42)57(11)53-37(6)27-33(2)28-38(53)7)48-22-21-44(31-50(48)55-41(10)59)58(12)54-39(8)29-34(3)30-40(54)9/h13-31,56H,1-12H3/p+1. The normalized spacial score (nSPS) is 11.1. The average molecular weight is 778 g/mol. The van der Waals surface area contributed by atoms with Crippen LogP contribution in [0.5, 0.6) is 0 Å². The van der Waals surface area contributed by atoms with Crippen LogP contribution in [0, 0.1) is 68.2 Å². The van der Waals surface area contributed by atoms with Crippen molar-refractivity contribution in [3.05, 3.63) is 188 Å². The Labute approximate surface area is 351 Å². The Morgan fingerprint density at radius 1 is 0.492 bits per heavy atom. The van der Waals surface area contributed by atoms with Crippen LogP contribution < -0.4 is 20.4 Å². The van der Waals surface area contributed by atoms with Crippen LogP contribution in [0.3, 0.4) is 0 Å². The molecule has 5 heteroatoms. The Bertz CT molecular complexity index is 2660. The minimum atomic E-state index is -0.123. The number of rotatable bonds is 10. The molecule has 0 aliphatic heterocycles. The van der Waals surface area contributed by atoms with Gasteiger partial charge in [-0.05, 0) is 156 Å². The highest BCUT2D eigenvalue weighted by Crippen LogP contribution is 2.44. The fraction of sp³-hybridized carbons (Fsp3) is 0.222. The van der Waals surface area contributed by atoms with E-state index in [2.05, 4.69) is 212 Å². The summed E-state index contributed by atoms with van der Waals surface area (Å²) < 4.78 is 0. The maximum absolute atomic E-state index is 13.0. The van der Waals surface area contributed by atoms with Crippen LogP contribution in [0.2, 0.25) is 0 Å². The van der Waals surface area contributed by atoms with E-state index < -0.39 is 0 Å². The number of hydrogen-bond donors (Lipinski definition) is 2. The SMILES string of the molecule is CC(=O)Nc1cc(N(C)c2c(C)cc(C)cc2C)ccc1[C+](c1ccc(N(C)c2c(C)cc(C)cc2C)cc1)c1ccc(Nc2c(C)cc(C)cc2C)c2ccccc12. The van der Waals surface area contributed by atoms with Crippen molar-refractivity contribution >= 4 is 56.5 Å². The van der Waals surface area contributed by atoms with Crippen molar-refractivity contribution in [2.45, 2.75) is 69.2 Å². The molecule has 298 valence electrons. The quantitative estimate of drug-likeness (QED) is 0.107. The molecule has 0 aliphatic carbocycles. The molecule has 1 amide bonds. The van der Waals surface area contributed by atoms with Gasteiger partial charge in [-0.25, -0.2) is 0 Å². The second-order valence-electron chi connectivity index (χ2n) is 16.6. The summed E-state index contributed by atoms with van der Waals surface area (Å²) in [6.07, 6.45) is 0. The van der Waals surface area contributed by atoms with E-state index in [0.29, 0.717) is 0 Å². The molecule has 7 rings (SSSR count). The molecule has 7 aromatic rings. The molecule has 5 nitrogen and oxygen atoms in total. The van der Waals surface area contributed by atoms with Gasteiger partial charge in [0.1, 0.15) is 0 Å². The van der Waals surface area contributed by atoms with E-state index in [9.17, 15) is 4.79 Å². The molecule has 0 radical (unpaired) electrons. The lowest BCUT2D eigenvalue weighted by Gasteiger charge is -2.26. The van der Waals surface area contributed by atoms with E-state index in [-0.39, 0.29) is 5.91 Å². The van der Waals surface area contributed by atoms with Crippen molar-refractivity contribution in [3.8, 4) is 0 Å². The molecule has 0 bridgehead atoms. The monoisotopic (exact) mass is 777 g/mol. The van der Waals surface area contributed by atoms with E-state index in [0.717, 1.165) is 67.5 Å². The Balaban J connectivity index is 1.41. The topological polar surface area (TPSA) is 47.6 Å². The Kier molecular flexibility index (Phi) is 11.3. The van der Waals surface area contributed by atoms with Gasteiger partial charge in [0.2, 0.25) is 5.91 Å². The molecule has 0 atom stereocenters. The number of carbonyl (C=O) groups excluding carboxylic acids is 1. The van der Waals surface area contributed by atoms with Crippen LogP contribution in [-0.2, 0) is 4.79 Å². The molecule has 7 aromatic carbocycles. The number of nitrogens with zero attached hydrogens (tertiary/aromatic N) is 2. The van der Waals surface area contributed by atoms with Gasteiger partial charge in [0.05, 0.1) is 45.4 Å². The molecular weight excluding hydrogens is 721 g/mol. The predicted molar refractivity (Wildman–Crippen MR) is 253 cm³/mol. The van der Waals surface area contributed by atoms with Crippen molar-refractivity contribution < 1.29 is 4.79 Å². The van der Waals surface area contributed by atoms with Crippen molar-refractivity contribution in [2.24, 2.45) is 0 Å². The van der Waals surface area contributed by atoms with Crippen molar-refractivity contribution in [3.63, 3.8) is 0 Å². The lowest BCUT2D eigenvalue weighted by atomic mass is 9.81. The minimum absolute atomic E-state index is 0.123. The summed E-state index contributed by atoms with van der Waals surface area (Å²) in [5.74, 6) is 0.912. The lowest BCUT2D eigenvalue weighted by molar-refractivity contribution is -0.114. The third-order valence-electron chi connectivity index (χ3n) is 11.6. The molecule has 0 heterocycles. The molecule has 0 aliphatic rings. The number of nitrogens with one attached hydrogen (secondary N) is 2. The largest absolute Gasteiger partial charge is 0.354 e. The van der Waals surface area contributed by atoms with E-state index in [1.807, 2.05) is 0 Å². The summed E-state index contributed by atoms with van der Waals surface area (Å²) in [4.78, 5) is 17.6. The van der Waals surface area contributed by atoms with Gasteiger partial charge in [0.25, 0.3) is 0 Å². The lowest BCUT2D eigenvalue weighted by Crippen LogP contribution is -2.17. The summed E-state index contributed by atoms with van der Waals surface area (Å²) in [7, 11) is 4.24. The van der Waals surface area contributed by atoms with Crippen LogP contribution in [0.4, 0.5) is 39.8 Å². The second-order valence-corrected chi connectivity index (χ2v) is 16.6. The van der Waals surface area contributed by atoms with Crippen LogP contribution in [0.25, 0.3) is 10.8 Å². The van der Waals surface area contributed by atoms with Crippen molar-refractivity contribution in [2.75, 3.05) is 34.5 Å². The number of aryl methyl sites for hydroxylation is 9. The van der Waals surface area contributed by atoms with Gasteiger partial charge in [-0.2, -0.15) is 0 Å². The van der Waals surface area contributed by atoms with Gasteiger partial charge in [0.15, 0.2) is 0 Å². The van der Waals surface area contributed by atoms with Crippen LogP contribution in [0.15, 0.2) is 115 Å². The summed E-state index contributed by atoms with van der Waals surface area (Å²) in [5.41, 5.74) is 21.5. The van der Waals surface area contributed by atoms with E-state index >= 15 is 0 Å². The molecule has 0 aromatic heterocycles. The zero-order chi connectivity index (χ0) is 42.3. The van der Waals surface area contributed by atoms with Gasteiger partial charge >= 0.3 is 0 Å². The zero-order valence-electron chi connectivity index (χ0n) is 36.8. The maximum Gasteiger partial charge on any atom is 0.226 e. The Morgan fingerprint density at radius 2 is 0.949 bits per heavy atom. The van der Waals surface area contributed by atoms with Gasteiger partial charge in [-0.3, -0.25) is 4.79 Å². The van der Waals surface area contributed by atoms with E-state index in [4.69, 9.17) is 0 Å². The molecule has 0 saturated carbocycles. The number of hydrogen-bond acceptors (Lipinski definition) is 4. The first-order valence-corrected chi connectivity index (χ1v) is 20.5. The van der Waals surface area contributed by atoms with Crippen molar-refractivity contribution in [1.29, 1.82) is 0 Å². The zero-order valence-corrected chi connectivity index (χ0v) is 36.8. The first-order valence-electron chi connectivity index (χ1n) is 20.5. The average Bonchev–Trinajstić information content (AvgIpc) is 3.16. The van der Waals surface area contributed by atoms with Crippen LogP contribution >= 0.6 is 0 Å². The fourth-order valence-corrected chi connectivity index (χ4v) is 9.36. The second kappa shape index (κ2) is 16.4. The molecule has 0 fully saturated rings. The highest BCUT2D eigenvalue weighted by atomic mass is 16.1. The van der Waals surface area contributed by atoms with Crippen LogP contribution in [0.1, 0.15) is 73.7 Å². The first-order chi connectivity index (χ1) is 28.1. The van der Waals surface area contributed by atoms with E-state index in [1.54, 1.807) is 6.92 Å². The summed E-state index contributed by atoms with van der Waals surface area (Å²) in [6, 6.07) is 41.8. The number of carbonyl (C=O) groups is 1. The number of amides is 1. The van der Waals surface area contributed by atoms with Crippen molar-refractivity contribution in [1.82, 2.24) is 0 Å². The highest BCUT2D eigenvalue weighted by Gasteiger charge is 2.30. The maximum atomic E-state index is 13.0. The Morgan fingerprint density at radius 3 is 1.47 bits per heavy atom. The molecule has 0 unspecified atom stereocenters. The van der Waals surface area contributed by atoms with Gasteiger partial charge < -0.3 is 20.4 Å². The van der Waals surface area contributed by atoms with Gasteiger partial charge in [-0.1, -0.05) is 65.2 Å². The fourth-order valence-electron chi connectivity index (χ4n) is 9.36. The highest BCUT2D eigenvalue weighted by molar-refractivity contribution is 6.01. The molecular formula is C54H57N4O+. The summed E-state index contributed by atoms with van der Waals surface area (Å²) >= 11 is 0. The minimum Gasteiger partial charge on any atom is -0.354 e. The summed E-state index contributed by atoms with van der Waals surface area (Å²) in [5, 5.41) is 9.29. The van der Waals surface area contributed by atoms with Gasteiger partial charge in [-0.15, -0.1) is 0 Å². The molecule has 0 saturated heterocycles. The van der Waals surface area contributed by atoms with E-state index in [1.165, 1.54) is 55.8 Å². The predicted octanol–water partition coefficient (Wildman–Crippen LogP) is 13.9. The number of benzene rings is 7. The molecule has 0 spiro atoms. The third kappa shape index (κ3) is 8.16. The van der Waals surface area contributed by atoms with Gasteiger partial charge in [0, 0.05) is 54.9 Å². The smallest absolute Gasteiger partial charge is 0.226 e. The number of fused-ring (bicyclic) bond motifs is 1. The molecule has 2 N–H and O–H groups in total. The number of anilines is 7. The molecule has 59 heavy (non-hydrogen) atoms. The summed E-state index contributed by atoms with van der Waals surface area (Å²) in [6.45, 7) is 21.0. The van der Waals surface area contributed by atoms with Crippen LogP contribution in [-0.4, -0.2) is 20.0 Å². The Hall–Kier alpha value is -6.46. The first kappa shape index (κ1) is 40.7. The third-order valence-corrected chi connectivity index (χ3v) is 11.6.